The summed E-state index contributed by atoms with van der Waals surface area (Å²) in [4.78, 5) is 16.0. The standard InChI is InChI=1S/C24H26BFN4O3/c1-23(2)24(3,4)33-25(32-23)17-9-15-6-8-20(21(15)28-12-17)30-13-16(11-29-30)14-5-7-18(22(27)31)19(26)10-14/h5,7,9-13,20H,6,8H2,1-4H3,(H2,27,31). The number of carbonyl (C=O) groups is 1. The first kappa shape index (κ1) is 21.8. The van der Waals surface area contributed by atoms with Crippen LogP contribution in [0.5, 0.6) is 0 Å². The lowest BCUT2D eigenvalue weighted by Gasteiger charge is -2.32. The van der Waals surface area contributed by atoms with E-state index in [2.05, 4.69) is 11.2 Å². The number of carbonyl (C=O) groups excluding carboxylic acids is 1. The molecule has 0 spiro atoms. The molecular weight excluding hydrogens is 422 g/mol. The molecule has 7 nitrogen and oxygen atoms in total. The summed E-state index contributed by atoms with van der Waals surface area (Å²) in [6, 6.07) is 6.48. The predicted octanol–water partition coefficient (Wildman–Crippen LogP) is 3.02. The average molecular weight is 448 g/mol. The molecule has 1 aliphatic carbocycles. The smallest absolute Gasteiger partial charge is 0.399 e. The molecule has 9 heteroatoms. The molecule has 1 amide bonds. The van der Waals surface area contributed by atoms with E-state index in [1.54, 1.807) is 12.3 Å². The van der Waals surface area contributed by atoms with Crippen LogP contribution >= 0.6 is 0 Å². The number of aromatic nitrogens is 3. The molecule has 1 atom stereocenters. The molecule has 1 aromatic carbocycles. The van der Waals surface area contributed by atoms with Gasteiger partial charge in [0.05, 0.1) is 34.7 Å². The Hall–Kier alpha value is -3.04. The highest BCUT2D eigenvalue weighted by atomic mass is 19.1. The van der Waals surface area contributed by atoms with Gasteiger partial charge in [-0.05, 0) is 63.8 Å². The Labute approximate surface area is 192 Å². The quantitative estimate of drug-likeness (QED) is 0.620. The van der Waals surface area contributed by atoms with Crippen molar-refractivity contribution in [1.82, 2.24) is 14.8 Å². The number of benzene rings is 1. The lowest BCUT2D eigenvalue weighted by Crippen LogP contribution is -2.41. The van der Waals surface area contributed by atoms with Gasteiger partial charge in [-0.2, -0.15) is 5.10 Å². The van der Waals surface area contributed by atoms with Crippen molar-refractivity contribution in [3.8, 4) is 11.1 Å². The van der Waals surface area contributed by atoms with Gasteiger partial charge in [0, 0.05) is 23.4 Å². The number of hydrogen-bond acceptors (Lipinski definition) is 5. The Morgan fingerprint density at radius 2 is 1.88 bits per heavy atom. The zero-order valence-corrected chi connectivity index (χ0v) is 19.1. The van der Waals surface area contributed by atoms with Crippen LogP contribution in [-0.4, -0.2) is 39.0 Å². The Bertz CT molecular complexity index is 1240. The number of fused-ring (bicyclic) bond motifs is 1. The number of hydrogen-bond donors (Lipinski definition) is 1. The van der Waals surface area contributed by atoms with E-state index < -0.39 is 30.0 Å². The third-order valence-electron chi connectivity index (χ3n) is 7.04. The Morgan fingerprint density at radius 1 is 1.15 bits per heavy atom. The summed E-state index contributed by atoms with van der Waals surface area (Å²) in [7, 11) is -0.443. The Balaban J connectivity index is 1.38. The van der Waals surface area contributed by atoms with E-state index in [1.165, 1.54) is 12.1 Å². The van der Waals surface area contributed by atoms with Crippen LogP contribution < -0.4 is 11.2 Å². The normalized spacial score (nSPS) is 20.8. The fraction of sp³-hybridized carbons (Fsp3) is 0.375. The summed E-state index contributed by atoms with van der Waals surface area (Å²) in [5, 5.41) is 4.51. The fourth-order valence-electron chi connectivity index (χ4n) is 4.39. The summed E-state index contributed by atoms with van der Waals surface area (Å²) >= 11 is 0. The average Bonchev–Trinajstić information content (AvgIpc) is 3.43. The maximum Gasteiger partial charge on any atom is 0.496 e. The second-order valence-corrected chi connectivity index (χ2v) is 9.72. The van der Waals surface area contributed by atoms with Crippen molar-refractivity contribution in [1.29, 1.82) is 0 Å². The van der Waals surface area contributed by atoms with Gasteiger partial charge in [-0.1, -0.05) is 12.1 Å². The second kappa shape index (κ2) is 7.50. The van der Waals surface area contributed by atoms with Crippen molar-refractivity contribution >= 4 is 18.5 Å². The maximum absolute atomic E-state index is 14.2. The number of aryl methyl sites for hydroxylation is 1. The van der Waals surface area contributed by atoms with E-state index in [1.807, 2.05) is 44.8 Å². The molecule has 0 saturated carbocycles. The first-order valence-electron chi connectivity index (χ1n) is 11.0. The molecule has 1 fully saturated rings. The van der Waals surface area contributed by atoms with Crippen LogP contribution in [0, 0.1) is 5.82 Å². The second-order valence-electron chi connectivity index (χ2n) is 9.72. The zero-order valence-electron chi connectivity index (χ0n) is 19.1. The molecule has 2 N–H and O–H groups in total. The van der Waals surface area contributed by atoms with Gasteiger partial charge in [0.1, 0.15) is 5.82 Å². The highest BCUT2D eigenvalue weighted by Gasteiger charge is 2.52. The van der Waals surface area contributed by atoms with Gasteiger partial charge in [-0.15, -0.1) is 0 Å². The van der Waals surface area contributed by atoms with Crippen molar-refractivity contribution in [2.45, 2.75) is 57.8 Å². The monoisotopic (exact) mass is 448 g/mol. The molecule has 1 aliphatic heterocycles. The van der Waals surface area contributed by atoms with Crippen LogP contribution in [0.3, 0.4) is 0 Å². The molecule has 33 heavy (non-hydrogen) atoms. The summed E-state index contributed by atoms with van der Waals surface area (Å²) < 4.78 is 28.4. The van der Waals surface area contributed by atoms with Crippen molar-refractivity contribution in [2.75, 3.05) is 0 Å². The lowest BCUT2D eigenvalue weighted by atomic mass is 9.79. The largest absolute Gasteiger partial charge is 0.496 e. The molecule has 0 bridgehead atoms. The van der Waals surface area contributed by atoms with E-state index in [4.69, 9.17) is 20.0 Å². The minimum Gasteiger partial charge on any atom is -0.399 e. The predicted molar refractivity (Wildman–Crippen MR) is 123 cm³/mol. The van der Waals surface area contributed by atoms with E-state index in [9.17, 15) is 9.18 Å². The number of halogens is 1. The van der Waals surface area contributed by atoms with Gasteiger partial charge >= 0.3 is 7.12 Å². The van der Waals surface area contributed by atoms with Crippen molar-refractivity contribution in [3.63, 3.8) is 0 Å². The molecule has 1 unspecified atom stereocenters. The van der Waals surface area contributed by atoms with Crippen LogP contribution in [-0.2, 0) is 15.7 Å². The molecular formula is C24H26BFN4O3. The van der Waals surface area contributed by atoms with Crippen LogP contribution in [0.1, 0.15) is 61.8 Å². The van der Waals surface area contributed by atoms with Crippen LogP contribution in [0.2, 0.25) is 0 Å². The number of pyridine rings is 1. The molecule has 3 aromatic rings. The van der Waals surface area contributed by atoms with Gasteiger partial charge in [0.15, 0.2) is 0 Å². The number of amides is 1. The van der Waals surface area contributed by atoms with Gasteiger partial charge in [-0.25, -0.2) is 4.39 Å². The fourth-order valence-corrected chi connectivity index (χ4v) is 4.39. The first-order valence-corrected chi connectivity index (χ1v) is 11.0. The highest BCUT2D eigenvalue weighted by Crippen LogP contribution is 2.37. The number of nitrogens with two attached hydrogens (primary N) is 1. The summed E-state index contributed by atoms with van der Waals surface area (Å²) in [5.41, 5.74) is 8.69. The maximum atomic E-state index is 14.2. The van der Waals surface area contributed by atoms with Crippen molar-refractivity contribution < 1.29 is 18.5 Å². The van der Waals surface area contributed by atoms with Crippen LogP contribution in [0.15, 0.2) is 42.9 Å². The van der Waals surface area contributed by atoms with Crippen molar-refractivity contribution in [3.05, 3.63) is 65.5 Å². The molecule has 170 valence electrons. The van der Waals surface area contributed by atoms with Gasteiger partial charge in [0.2, 0.25) is 0 Å². The first-order chi connectivity index (χ1) is 15.6. The lowest BCUT2D eigenvalue weighted by molar-refractivity contribution is 0.00578. The minimum atomic E-state index is -0.789. The van der Waals surface area contributed by atoms with E-state index in [-0.39, 0.29) is 11.6 Å². The Kier molecular flexibility index (Phi) is 4.95. The third-order valence-corrected chi connectivity index (χ3v) is 7.04. The van der Waals surface area contributed by atoms with Crippen LogP contribution in [0.25, 0.3) is 11.1 Å². The van der Waals surface area contributed by atoms with E-state index in [0.717, 1.165) is 35.1 Å². The molecule has 2 aromatic heterocycles. The van der Waals surface area contributed by atoms with E-state index >= 15 is 0 Å². The molecule has 0 radical (unpaired) electrons. The van der Waals surface area contributed by atoms with Gasteiger partial charge in [0.25, 0.3) is 5.91 Å². The SMILES string of the molecule is CC1(C)OB(c2cnc3c(c2)CCC3n2cc(-c3ccc(C(N)=O)c(F)c3)cn2)OC1(C)C. The third kappa shape index (κ3) is 3.65. The molecule has 2 aliphatic rings. The van der Waals surface area contributed by atoms with Gasteiger partial charge < -0.3 is 15.0 Å². The number of rotatable bonds is 4. The molecule has 3 heterocycles. The summed E-state index contributed by atoms with van der Waals surface area (Å²) in [5.74, 6) is -1.43. The van der Waals surface area contributed by atoms with Crippen molar-refractivity contribution in [2.24, 2.45) is 5.73 Å². The summed E-state index contributed by atoms with van der Waals surface area (Å²) in [6.07, 6.45) is 7.13. The molecule has 1 saturated heterocycles. The number of primary amides is 1. The Morgan fingerprint density at radius 3 is 2.55 bits per heavy atom. The van der Waals surface area contributed by atoms with Gasteiger partial charge in [-0.3, -0.25) is 14.5 Å². The minimum absolute atomic E-state index is 0.00386. The summed E-state index contributed by atoms with van der Waals surface area (Å²) in [6.45, 7) is 8.14. The zero-order chi connectivity index (χ0) is 23.5. The van der Waals surface area contributed by atoms with E-state index in [0.29, 0.717) is 5.56 Å². The highest BCUT2D eigenvalue weighted by molar-refractivity contribution is 6.62. The van der Waals surface area contributed by atoms with Crippen LogP contribution in [0.4, 0.5) is 4.39 Å². The molecule has 5 rings (SSSR count). The number of nitrogens with zero attached hydrogens (tertiary/aromatic N) is 3. The topological polar surface area (TPSA) is 92.3 Å².